The minimum atomic E-state index is -0.558. The van der Waals surface area contributed by atoms with Gasteiger partial charge in [-0.05, 0) is 17.7 Å². The number of allylic oxidation sites excluding steroid dienone is 4. The first-order valence-corrected chi connectivity index (χ1v) is 7.11. The quantitative estimate of drug-likeness (QED) is 0.338. The van der Waals surface area contributed by atoms with Gasteiger partial charge < -0.3 is 15.2 Å². The second kappa shape index (κ2) is 9.63. The number of halogens is 2. The number of amides is 1. The van der Waals surface area contributed by atoms with Gasteiger partial charge in [0.1, 0.15) is 5.83 Å². The van der Waals surface area contributed by atoms with Gasteiger partial charge in [-0.15, -0.1) is 0 Å². The zero-order valence-corrected chi connectivity index (χ0v) is 13.6. The van der Waals surface area contributed by atoms with E-state index >= 15 is 0 Å². The maximum atomic E-state index is 13.6. The number of hydrogen-bond donors (Lipinski definition) is 2. The molecule has 0 aromatic carbocycles. The van der Waals surface area contributed by atoms with Gasteiger partial charge in [0.15, 0.2) is 5.76 Å². The van der Waals surface area contributed by atoms with E-state index in [9.17, 15) is 9.18 Å². The van der Waals surface area contributed by atoms with Gasteiger partial charge in [-0.1, -0.05) is 23.8 Å². The number of nitrogens with one attached hydrogen (secondary N) is 1. The van der Waals surface area contributed by atoms with E-state index in [4.69, 9.17) is 21.4 Å². The fourth-order valence-electron chi connectivity index (χ4n) is 1.71. The number of aliphatic hydroxyl groups is 1. The Hall–Kier alpha value is -2.34. The van der Waals surface area contributed by atoms with Gasteiger partial charge in [0.2, 0.25) is 0 Å². The molecular formula is C16H18ClFN2O3. The van der Waals surface area contributed by atoms with Gasteiger partial charge >= 0.3 is 0 Å². The number of aliphatic imine (C=N–C) groups is 1. The molecule has 2 N–H and O–H groups in total. The Morgan fingerprint density at radius 1 is 1.57 bits per heavy atom. The average Bonchev–Trinajstić information content (AvgIpc) is 2.73. The van der Waals surface area contributed by atoms with Crippen LogP contribution in [0.4, 0.5) is 4.39 Å². The molecule has 23 heavy (non-hydrogen) atoms. The molecule has 0 fully saturated rings. The van der Waals surface area contributed by atoms with Gasteiger partial charge in [0, 0.05) is 26.2 Å². The molecule has 0 unspecified atom stereocenters. The highest BCUT2D eigenvalue weighted by atomic mass is 35.5. The normalized spacial score (nSPS) is 16.4. The highest BCUT2D eigenvalue weighted by Crippen LogP contribution is 2.19. The van der Waals surface area contributed by atoms with E-state index in [0.717, 1.165) is 0 Å². The van der Waals surface area contributed by atoms with Crippen LogP contribution >= 0.6 is 11.6 Å². The molecule has 0 aliphatic heterocycles. The summed E-state index contributed by atoms with van der Waals surface area (Å²) in [5, 5.41) is 11.8. The van der Waals surface area contributed by atoms with Crippen molar-refractivity contribution in [3.8, 4) is 0 Å². The van der Waals surface area contributed by atoms with Gasteiger partial charge in [-0.25, -0.2) is 4.39 Å². The van der Waals surface area contributed by atoms with E-state index in [2.05, 4.69) is 10.3 Å². The molecule has 1 amide bonds. The average molecular weight is 341 g/mol. The van der Waals surface area contributed by atoms with Crippen molar-refractivity contribution in [2.45, 2.75) is 6.42 Å². The smallest absolute Gasteiger partial charge is 0.256 e. The first kappa shape index (κ1) is 18.7. The lowest BCUT2D eigenvalue weighted by Gasteiger charge is -2.07. The summed E-state index contributed by atoms with van der Waals surface area (Å²) >= 11 is 5.90. The van der Waals surface area contributed by atoms with E-state index in [0.29, 0.717) is 11.8 Å². The molecule has 124 valence electrons. The summed E-state index contributed by atoms with van der Waals surface area (Å²) in [6.07, 6.45) is 8.27. The molecule has 0 heterocycles. The Bertz CT molecular complexity index is 631. The maximum Gasteiger partial charge on any atom is 0.256 e. The number of hydrogen-bond acceptors (Lipinski definition) is 4. The summed E-state index contributed by atoms with van der Waals surface area (Å²) in [6.45, 7) is 0.156. The van der Waals surface area contributed by atoms with Crippen LogP contribution in [0.1, 0.15) is 6.42 Å². The van der Waals surface area contributed by atoms with Crippen LogP contribution in [0.2, 0.25) is 0 Å². The molecule has 1 rings (SSSR count). The first-order valence-electron chi connectivity index (χ1n) is 6.74. The standard InChI is InChI=1S/C16H18ClFN2O3/c1-19-8-7-13(17)12(10-21)16(22)20-9-11-3-5-14(18)15(23-2)6-4-11/h3-4,6-8,10,21H,5,9H2,1-2H3,(H,20,22)/b12-10-,13-7+,19-8?. The number of ether oxygens (including phenoxy) is 1. The molecule has 0 bridgehead atoms. The summed E-state index contributed by atoms with van der Waals surface area (Å²) in [6, 6.07) is 0. The molecule has 7 heteroatoms. The zero-order chi connectivity index (χ0) is 17.2. The monoisotopic (exact) mass is 340 g/mol. The SMILES string of the molecule is CN=C/C=C(Cl)\C(=C\O)C(=O)NCC1=CCC(F)=C(OC)C=C1. The van der Waals surface area contributed by atoms with Crippen molar-refractivity contribution in [3.63, 3.8) is 0 Å². The molecule has 1 aliphatic carbocycles. The van der Waals surface area contributed by atoms with Crippen molar-refractivity contribution in [2.75, 3.05) is 20.7 Å². The molecule has 1 aliphatic rings. The third-order valence-electron chi connectivity index (χ3n) is 2.93. The number of methoxy groups -OCH3 is 1. The molecule has 0 saturated heterocycles. The summed E-state index contributed by atoms with van der Waals surface area (Å²) in [4.78, 5) is 15.7. The fourth-order valence-corrected chi connectivity index (χ4v) is 1.90. The molecule has 0 aromatic heterocycles. The Morgan fingerprint density at radius 2 is 2.30 bits per heavy atom. The fraction of sp³-hybridized carbons (Fsp3) is 0.250. The third kappa shape index (κ3) is 5.75. The van der Waals surface area contributed by atoms with Gasteiger partial charge in [0.25, 0.3) is 5.91 Å². The van der Waals surface area contributed by atoms with Gasteiger partial charge in [-0.3, -0.25) is 9.79 Å². The van der Waals surface area contributed by atoms with Crippen molar-refractivity contribution in [3.05, 3.63) is 58.3 Å². The molecule has 0 spiro atoms. The van der Waals surface area contributed by atoms with E-state index in [1.807, 2.05) is 0 Å². The van der Waals surface area contributed by atoms with Crippen molar-refractivity contribution < 1.29 is 19.0 Å². The van der Waals surface area contributed by atoms with Crippen LogP contribution in [0.3, 0.4) is 0 Å². The molecule has 0 radical (unpaired) electrons. The van der Waals surface area contributed by atoms with E-state index in [-0.39, 0.29) is 35.2 Å². The van der Waals surface area contributed by atoms with Crippen LogP contribution in [-0.4, -0.2) is 37.9 Å². The number of carbonyl (C=O) groups is 1. The second-order valence-electron chi connectivity index (χ2n) is 4.44. The summed E-state index contributed by atoms with van der Waals surface area (Å²) in [7, 11) is 2.94. The summed E-state index contributed by atoms with van der Waals surface area (Å²) < 4.78 is 18.5. The predicted octanol–water partition coefficient (Wildman–Crippen LogP) is 3.08. The third-order valence-corrected chi connectivity index (χ3v) is 3.26. The van der Waals surface area contributed by atoms with E-state index < -0.39 is 5.91 Å². The number of nitrogens with zero attached hydrogens (tertiary/aromatic N) is 1. The van der Waals surface area contributed by atoms with Crippen LogP contribution in [0.15, 0.2) is 63.3 Å². The highest BCUT2D eigenvalue weighted by molar-refractivity contribution is 6.36. The Balaban J connectivity index is 2.70. The van der Waals surface area contributed by atoms with E-state index in [1.54, 1.807) is 19.2 Å². The van der Waals surface area contributed by atoms with Crippen LogP contribution in [0.5, 0.6) is 0 Å². The summed E-state index contributed by atoms with van der Waals surface area (Å²) in [5.74, 6) is -0.786. The maximum absolute atomic E-state index is 13.6. The van der Waals surface area contributed by atoms with Crippen molar-refractivity contribution >= 4 is 23.7 Å². The Labute approximate surface area is 139 Å². The van der Waals surface area contributed by atoms with Crippen LogP contribution < -0.4 is 5.32 Å². The minimum Gasteiger partial charge on any atom is -0.515 e. The minimum absolute atomic E-state index is 0.0513. The van der Waals surface area contributed by atoms with E-state index in [1.165, 1.54) is 25.5 Å². The van der Waals surface area contributed by atoms with Crippen molar-refractivity contribution in [1.29, 1.82) is 0 Å². The topological polar surface area (TPSA) is 70.9 Å². The first-order chi connectivity index (χ1) is 11.0. The van der Waals surface area contributed by atoms with Crippen LogP contribution in [0.25, 0.3) is 0 Å². The lowest BCUT2D eigenvalue weighted by molar-refractivity contribution is -0.117. The van der Waals surface area contributed by atoms with Crippen molar-refractivity contribution in [1.82, 2.24) is 5.32 Å². The number of aliphatic hydroxyl groups excluding tert-OH is 1. The molecule has 5 nitrogen and oxygen atoms in total. The number of rotatable bonds is 6. The Morgan fingerprint density at radius 3 is 2.91 bits per heavy atom. The number of carbonyl (C=O) groups excluding carboxylic acids is 1. The summed E-state index contributed by atoms with van der Waals surface area (Å²) in [5.41, 5.74) is 0.611. The van der Waals surface area contributed by atoms with Crippen LogP contribution in [-0.2, 0) is 9.53 Å². The zero-order valence-electron chi connectivity index (χ0n) is 12.8. The van der Waals surface area contributed by atoms with Gasteiger partial charge in [-0.2, -0.15) is 0 Å². The highest BCUT2D eigenvalue weighted by Gasteiger charge is 2.14. The molecule has 0 saturated carbocycles. The second-order valence-corrected chi connectivity index (χ2v) is 4.84. The van der Waals surface area contributed by atoms with Gasteiger partial charge in [0.05, 0.1) is 24.0 Å². The van der Waals surface area contributed by atoms with Crippen LogP contribution in [0, 0.1) is 0 Å². The Kier molecular flexibility index (Phi) is 7.83. The predicted molar refractivity (Wildman–Crippen MR) is 89.1 cm³/mol. The molecular weight excluding hydrogens is 323 g/mol. The lowest BCUT2D eigenvalue weighted by Crippen LogP contribution is -2.27. The largest absolute Gasteiger partial charge is 0.515 e. The lowest BCUT2D eigenvalue weighted by atomic mass is 10.2. The molecule has 0 atom stereocenters. The van der Waals surface area contributed by atoms with Crippen molar-refractivity contribution in [2.24, 2.45) is 4.99 Å². The molecule has 0 aromatic rings.